The Labute approximate surface area is 172 Å². The molecule has 0 spiro atoms. The van der Waals surface area contributed by atoms with Gasteiger partial charge < -0.3 is 4.74 Å². The number of carbonyl (C=O) groups excluding carboxylic acids is 4. The van der Waals surface area contributed by atoms with Crippen molar-refractivity contribution in [3.63, 3.8) is 0 Å². The largest absolute Gasteiger partial charge is 0.395 e. The third-order valence-corrected chi connectivity index (χ3v) is 9.36. The molecule has 0 aliphatic heterocycles. The van der Waals surface area contributed by atoms with Gasteiger partial charge in [-0.25, -0.2) is 0 Å². The second kappa shape index (κ2) is 7.17. The van der Waals surface area contributed by atoms with Crippen molar-refractivity contribution in [2.24, 2.45) is 40.4 Å². The van der Waals surface area contributed by atoms with E-state index in [1.807, 2.05) is 6.08 Å². The van der Waals surface area contributed by atoms with E-state index >= 15 is 0 Å². The fourth-order valence-electron chi connectivity index (χ4n) is 8.02. The Morgan fingerprint density at radius 1 is 1.17 bits per heavy atom. The van der Waals surface area contributed by atoms with Crippen LogP contribution in [-0.2, 0) is 23.9 Å². The molecule has 0 heterocycles. The number of ketones is 2. The van der Waals surface area contributed by atoms with Crippen molar-refractivity contribution in [2.75, 3.05) is 0 Å². The van der Waals surface area contributed by atoms with E-state index in [0.717, 1.165) is 38.5 Å². The summed E-state index contributed by atoms with van der Waals surface area (Å²) in [6, 6.07) is 0. The standard InChI is InChI=1S/C24H32O5/c1-14(26)19-6-7-20-18-5-4-15-10-17(27)11-16(12-22(28)29-13-25)24(15,3)21(18)8-9-23(19,20)2/h10,13,16,18-21H,4-9,11-12H2,1-3H3/t16?,18-,19+,20-,21-,23+,24+/m0/s1. The molecule has 4 aliphatic carbocycles. The van der Waals surface area contributed by atoms with Crippen LogP contribution in [-0.4, -0.2) is 24.0 Å². The number of hydrogen-bond acceptors (Lipinski definition) is 5. The van der Waals surface area contributed by atoms with Crippen LogP contribution in [0.1, 0.15) is 72.1 Å². The molecular weight excluding hydrogens is 368 g/mol. The van der Waals surface area contributed by atoms with Crippen molar-refractivity contribution in [3.8, 4) is 0 Å². The minimum absolute atomic E-state index is 0.0815. The smallest absolute Gasteiger partial charge is 0.313 e. The third-order valence-electron chi connectivity index (χ3n) is 9.36. The van der Waals surface area contributed by atoms with Gasteiger partial charge in [0.1, 0.15) is 5.78 Å². The monoisotopic (exact) mass is 400 g/mol. The van der Waals surface area contributed by atoms with Crippen molar-refractivity contribution in [1.29, 1.82) is 0 Å². The average molecular weight is 401 g/mol. The maximum absolute atomic E-state index is 12.4. The van der Waals surface area contributed by atoms with E-state index in [4.69, 9.17) is 0 Å². The highest BCUT2D eigenvalue weighted by molar-refractivity contribution is 5.92. The van der Waals surface area contributed by atoms with Crippen molar-refractivity contribution in [1.82, 2.24) is 0 Å². The molecule has 4 rings (SSSR count). The summed E-state index contributed by atoms with van der Waals surface area (Å²) in [4.78, 5) is 47.4. The zero-order valence-electron chi connectivity index (χ0n) is 17.7. The Morgan fingerprint density at radius 3 is 2.62 bits per heavy atom. The van der Waals surface area contributed by atoms with Crippen LogP contribution < -0.4 is 0 Å². The third kappa shape index (κ3) is 3.03. The van der Waals surface area contributed by atoms with E-state index in [2.05, 4.69) is 18.6 Å². The fraction of sp³-hybridized carbons (Fsp3) is 0.750. The molecule has 158 valence electrons. The zero-order chi connectivity index (χ0) is 21.0. The van der Waals surface area contributed by atoms with E-state index in [1.165, 1.54) is 5.57 Å². The SMILES string of the molecule is CC(=O)[C@H]1CC[C@H]2[C@@H]3CCC4=CC(=O)CC(CC(=O)OC=O)[C@]4(C)[C@H]3CC[C@]12C. The minimum atomic E-state index is -0.541. The van der Waals surface area contributed by atoms with Crippen LogP contribution in [0.15, 0.2) is 11.6 Å². The number of Topliss-reactive ketones (excluding diaryl/α,β-unsaturated/α-hetero) is 1. The van der Waals surface area contributed by atoms with Gasteiger partial charge in [-0.1, -0.05) is 19.4 Å². The molecule has 0 aromatic rings. The van der Waals surface area contributed by atoms with Crippen LogP contribution in [0.3, 0.4) is 0 Å². The molecule has 29 heavy (non-hydrogen) atoms. The summed E-state index contributed by atoms with van der Waals surface area (Å²) in [7, 11) is 0. The molecule has 0 N–H and O–H groups in total. The lowest BCUT2D eigenvalue weighted by Crippen LogP contribution is -2.54. The van der Waals surface area contributed by atoms with Crippen molar-refractivity contribution in [3.05, 3.63) is 11.6 Å². The van der Waals surface area contributed by atoms with Gasteiger partial charge in [0.2, 0.25) is 0 Å². The number of allylic oxidation sites excluding steroid dienone is 1. The molecule has 5 nitrogen and oxygen atoms in total. The van der Waals surface area contributed by atoms with E-state index in [1.54, 1.807) is 6.92 Å². The van der Waals surface area contributed by atoms with Gasteiger partial charge in [-0.05, 0) is 86.0 Å². The molecule has 0 amide bonds. The number of ether oxygens (including phenoxy) is 1. The Hall–Kier alpha value is -1.78. The summed E-state index contributed by atoms with van der Waals surface area (Å²) >= 11 is 0. The zero-order valence-corrected chi connectivity index (χ0v) is 17.7. The molecule has 4 aliphatic rings. The second-order valence-electron chi connectivity index (χ2n) is 10.3. The molecular formula is C24H32O5. The molecule has 0 saturated heterocycles. The normalized spacial score (nSPS) is 43.5. The van der Waals surface area contributed by atoms with Crippen LogP contribution in [0.2, 0.25) is 0 Å². The maximum Gasteiger partial charge on any atom is 0.313 e. The Bertz CT molecular complexity index is 782. The molecule has 0 aromatic heterocycles. The average Bonchev–Trinajstić information content (AvgIpc) is 3.00. The Balaban J connectivity index is 1.67. The Kier molecular flexibility index (Phi) is 5.07. The maximum atomic E-state index is 12.4. The summed E-state index contributed by atoms with van der Waals surface area (Å²) in [6.07, 6.45) is 8.40. The predicted molar refractivity (Wildman–Crippen MR) is 107 cm³/mol. The molecule has 1 unspecified atom stereocenters. The highest BCUT2D eigenvalue weighted by Gasteiger charge is 2.61. The Morgan fingerprint density at radius 2 is 1.93 bits per heavy atom. The molecule has 3 saturated carbocycles. The molecule has 0 radical (unpaired) electrons. The van der Waals surface area contributed by atoms with Gasteiger partial charge in [0.05, 0.1) is 6.42 Å². The molecule has 7 atom stereocenters. The number of hydrogen-bond donors (Lipinski definition) is 0. The van der Waals surface area contributed by atoms with Gasteiger partial charge in [-0.15, -0.1) is 0 Å². The first-order valence-electron chi connectivity index (χ1n) is 11.1. The summed E-state index contributed by atoms with van der Waals surface area (Å²) in [5.74, 6) is 1.39. The summed E-state index contributed by atoms with van der Waals surface area (Å²) in [5.41, 5.74) is 1.05. The quantitative estimate of drug-likeness (QED) is 0.404. The summed E-state index contributed by atoms with van der Waals surface area (Å²) < 4.78 is 4.58. The van der Waals surface area contributed by atoms with Crippen molar-refractivity contribution < 1.29 is 23.9 Å². The van der Waals surface area contributed by atoms with Crippen LogP contribution in [0, 0.1) is 40.4 Å². The van der Waals surface area contributed by atoms with Gasteiger partial charge in [0.25, 0.3) is 0 Å². The number of carbonyl (C=O) groups is 4. The minimum Gasteiger partial charge on any atom is -0.395 e. The first kappa shape index (κ1) is 20.5. The molecule has 5 heteroatoms. The van der Waals surface area contributed by atoms with E-state index in [9.17, 15) is 19.2 Å². The van der Waals surface area contributed by atoms with Crippen LogP contribution in [0.4, 0.5) is 0 Å². The first-order chi connectivity index (χ1) is 13.7. The van der Waals surface area contributed by atoms with Crippen LogP contribution >= 0.6 is 0 Å². The first-order valence-corrected chi connectivity index (χ1v) is 11.1. The van der Waals surface area contributed by atoms with Gasteiger partial charge in [-0.2, -0.15) is 0 Å². The molecule has 3 fully saturated rings. The topological polar surface area (TPSA) is 77.5 Å². The highest BCUT2D eigenvalue weighted by Crippen LogP contribution is 2.67. The number of rotatable bonds is 4. The van der Waals surface area contributed by atoms with E-state index in [0.29, 0.717) is 30.0 Å². The fourth-order valence-corrected chi connectivity index (χ4v) is 8.02. The van der Waals surface area contributed by atoms with Gasteiger partial charge in [0, 0.05) is 12.3 Å². The van der Waals surface area contributed by atoms with E-state index in [-0.39, 0.29) is 41.3 Å². The summed E-state index contributed by atoms with van der Waals surface area (Å²) in [6.45, 7) is 6.49. The van der Waals surface area contributed by atoms with Crippen molar-refractivity contribution >= 4 is 24.0 Å². The predicted octanol–water partition coefficient (Wildman–Crippen LogP) is 4.04. The lowest BCUT2D eigenvalue weighted by molar-refractivity contribution is -0.154. The van der Waals surface area contributed by atoms with Gasteiger partial charge in [0.15, 0.2) is 5.78 Å². The number of fused-ring (bicyclic) bond motifs is 5. The highest BCUT2D eigenvalue weighted by atomic mass is 16.6. The molecule has 0 aromatic carbocycles. The number of esters is 1. The lowest BCUT2D eigenvalue weighted by Gasteiger charge is -2.60. The molecule has 0 bridgehead atoms. The van der Waals surface area contributed by atoms with E-state index < -0.39 is 5.97 Å². The van der Waals surface area contributed by atoms with Gasteiger partial charge in [-0.3, -0.25) is 19.2 Å². The second-order valence-corrected chi connectivity index (χ2v) is 10.3. The van der Waals surface area contributed by atoms with Gasteiger partial charge >= 0.3 is 12.4 Å². The van der Waals surface area contributed by atoms with Crippen molar-refractivity contribution in [2.45, 2.75) is 72.1 Å². The lowest BCUT2D eigenvalue weighted by atomic mass is 9.44. The van der Waals surface area contributed by atoms with Crippen LogP contribution in [0.5, 0.6) is 0 Å². The summed E-state index contributed by atoms with van der Waals surface area (Å²) in [5, 5.41) is 0. The van der Waals surface area contributed by atoms with Crippen LogP contribution in [0.25, 0.3) is 0 Å².